The Kier molecular flexibility index (Phi) is 0.968. The summed E-state index contributed by atoms with van der Waals surface area (Å²) in [7, 11) is 0. The van der Waals surface area contributed by atoms with E-state index in [0.717, 1.165) is 12.5 Å². The van der Waals surface area contributed by atoms with E-state index in [2.05, 4.69) is 0 Å². The van der Waals surface area contributed by atoms with Crippen molar-refractivity contribution in [2.45, 2.75) is 37.6 Å². The number of ether oxygens (including phenoxy) is 2. The van der Waals surface area contributed by atoms with E-state index in [0.29, 0.717) is 18.3 Å². The third kappa shape index (κ3) is 0.789. The smallest absolute Gasteiger partial charge is 0.0845 e. The van der Waals surface area contributed by atoms with Gasteiger partial charge < -0.3 is 9.47 Å². The standard InChI is InChI=1S/C8H12O2/c1-2-6-7(10-6)3-5(1)8-4-9-8/h5-8H,1-4H2/t5-,6-,7+,8+/m1/s1. The first-order chi connectivity index (χ1) is 4.93. The summed E-state index contributed by atoms with van der Waals surface area (Å²) in [6.45, 7) is 1.02. The summed E-state index contributed by atoms with van der Waals surface area (Å²) >= 11 is 0. The van der Waals surface area contributed by atoms with Gasteiger partial charge in [0.1, 0.15) is 0 Å². The first-order valence-corrected chi connectivity index (χ1v) is 4.20. The zero-order valence-corrected chi connectivity index (χ0v) is 5.95. The molecular formula is C8H12O2. The molecule has 0 unspecified atom stereocenters. The summed E-state index contributed by atoms with van der Waals surface area (Å²) in [4.78, 5) is 0. The molecule has 0 aromatic heterocycles. The highest BCUT2D eigenvalue weighted by atomic mass is 16.6. The summed E-state index contributed by atoms with van der Waals surface area (Å²) in [5.74, 6) is 0.837. The molecule has 2 saturated heterocycles. The average Bonchev–Trinajstić information content (AvgIpc) is 2.83. The van der Waals surface area contributed by atoms with E-state index in [4.69, 9.17) is 9.47 Å². The average molecular weight is 140 g/mol. The third-order valence-electron chi connectivity index (χ3n) is 2.93. The Balaban J connectivity index is 1.65. The lowest BCUT2D eigenvalue weighted by molar-refractivity contribution is 0.279. The van der Waals surface area contributed by atoms with Crippen molar-refractivity contribution in [1.82, 2.24) is 0 Å². The Morgan fingerprint density at radius 3 is 2.60 bits per heavy atom. The maximum Gasteiger partial charge on any atom is 0.0845 e. The topological polar surface area (TPSA) is 25.1 Å². The van der Waals surface area contributed by atoms with E-state index in [1.54, 1.807) is 0 Å². The minimum Gasteiger partial charge on any atom is -0.373 e. The van der Waals surface area contributed by atoms with Crippen molar-refractivity contribution in [1.29, 1.82) is 0 Å². The molecule has 1 saturated carbocycles. The molecular weight excluding hydrogens is 128 g/mol. The molecule has 0 bridgehead atoms. The summed E-state index contributed by atoms with van der Waals surface area (Å²) in [6, 6.07) is 0. The van der Waals surface area contributed by atoms with Crippen molar-refractivity contribution in [3.63, 3.8) is 0 Å². The van der Waals surface area contributed by atoms with E-state index in [1.165, 1.54) is 19.3 Å². The van der Waals surface area contributed by atoms with E-state index in [9.17, 15) is 0 Å². The van der Waals surface area contributed by atoms with Crippen molar-refractivity contribution in [2.24, 2.45) is 5.92 Å². The van der Waals surface area contributed by atoms with Crippen LogP contribution in [0.3, 0.4) is 0 Å². The van der Waals surface area contributed by atoms with Crippen molar-refractivity contribution >= 4 is 0 Å². The third-order valence-corrected chi connectivity index (χ3v) is 2.93. The van der Waals surface area contributed by atoms with Crippen LogP contribution in [0.2, 0.25) is 0 Å². The van der Waals surface area contributed by atoms with Gasteiger partial charge in [-0.05, 0) is 25.2 Å². The molecule has 2 heteroatoms. The number of fused-ring (bicyclic) bond motifs is 1. The molecule has 10 heavy (non-hydrogen) atoms. The minimum atomic E-state index is 0.616. The second kappa shape index (κ2) is 1.74. The van der Waals surface area contributed by atoms with Crippen LogP contribution in [0, 0.1) is 5.92 Å². The van der Waals surface area contributed by atoms with Crippen LogP contribution in [0.15, 0.2) is 0 Å². The van der Waals surface area contributed by atoms with Gasteiger partial charge in [0.15, 0.2) is 0 Å². The van der Waals surface area contributed by atoms with E-state index in [-0.39, 0.29) is 0 Å². The molecule has 4 atom stereocenters. The summed E-state index contributed by atoms with van der Waals surface area (Å²) in [6.07, 6.45) is 5.79. The largest absolute Gasteiger partial charge is 0.373 e. The normalized spacial score (nSPS) is 57.6. The maximum atomic E-state index is 5.43. The lowest BCUT2D eigenvalue weighted by Gasteiger charge is -2.15. The second-order valence-corrected chi connectivity index (χ2v) is 3.66. The van der Waals surface area contributed by atoms with Crippen molar-refractivity contribution in [2.75, 3.05) is 6.61 Å². The van der Waals surface area contributed by atoms with Crippen LogP contribution >= 0.6 is 0 Å². The van der Waals surface area contributed by atoms with E-state index >= 15 is 0 Å². The Hall–Kier alpha value is -0.0800. The molecule has 56 valence electrons. The molecule has 0 spiro atoms. The maximum absolute atomic E-state index is 5.43. The van der Waals surface area contributed by atoms with Crippen LogP contribution in [-0.4, -0.2) is 24.9 Å². The van der Waals surface area contributed by atoms with Gasteiger partial charge in [-0.2, -0.15) is 0 Å². The molecule has 0 aromatic carbocycles. The molecule has 3 aliphatic rings. The summed E-state index contributed by atoms with van der Waals surface area (Å²) in [5.41, 5.74) is 0. The van der Waals surface area contributed by atoms with Crippen LogP contribution in [0.25, 0.3) is 0 Å². The molecule has 1 aliphatic carbocycles. The molecule has 0 amide bonds. The van der Waals surface area contributed by atoms with Gasteiger partial charge in [0, 0.05) is 0 Å². The van der Waals surface area contributed by atoms with Gasteiger partial charge in [-0.15, -0.1) is 0 Å². The Morgan fingerprint density at radius 2 is 1.90 bits per heavy atom. The van der Waals surface area contributed by atoms with Crippen molar-refractivity contribution in [3.8, 4) is 0 Å². The highest BCUT2D eigenvalue weighted by Crippen LogP contribution is 2.43. The van der Waals surface area contributed by atoms with E-state index in [1.807, 2.05) is 0 Å². The highest BCUT2D eigenvalue weighted by Gasteiger charge is 2.48. The first kappa shape index (κ1) is 5.56. The molecule has 3 fully saturated rings. The fourth-order valence-corrected chi connectivity index (χ4v) is 2.10. The Bertz CT molecular complexity index is 153. The van der Waals surface area contributed by atoms with Gasteiger partial charge in [-0.25, -0.2) is 0 Å². The lowest BCUT2D eigenvalue weighted by Crippen LogP contribution is -2.17. The van der Waals surface area contributed by atoms with Crippen LogP contribution < -0.4 is 0 Å². The molecule has 3 rings (SSSR count). The van der Waals surface area contributed by atoms with Crippen LogP contribution in [-0.2, 0) is 9.47 Å². The number of hydrogen-bond acceptors (Lipinski definition) is 2. The molecule has 0 N–H and O–H groups in total. The molecule has 0 aromatic rings. The molecule has 2 nitrogen and oxygen atoms in total. The van der Waals surface area contributed by atoms with Gasteiger partial charge in [0.05, 0.1) is 24.9 Å². The fraction of sp³-hybridized carbons (Fsp3) is 1.00. The van der Waals surface area contributed by atoms with Gasteiger partial charge in [0.25, 0.3) is 0 Å². The number of rotatable bonds is 1. The number of hydrogen-bond donors (Lipinski definition) is 0. The fourth-order valence-electron chi connectivity index (χ4n) is 2.10. The second-order valence-electron chi connectivity index (χ2n) is 3.66. The molecule has 2 heterocycles. The van der Waals surface area contributed by atoms with Crippen LogP contribution in [0.4, 0.5) is 0 Å². The van der Waals surface area contributed by atoms with Gasteiger partial charge in [0.2, 0.25) is 0 Å². The van der Waals surface area contributed by atoms with Crippen LogP contribution in [0.5, 0.6) is 0 Å². The van der Waals surface area contributed by atoms with Gasteiger partial charge >= 0.3 is 0 Å². The summed E-state index contributed by atoms with van der Waals surface area (Å²) in [5, 5.41) is 0. The monoisotopic (exact) mass is 140 g/mol. The Morgan fingerprint density at radius 1 is 1.00 bits per heavy atom. The highest BCUT2D eigenvalue weighted by molar-refractivity contribution is 4.96. The van der Waals surface area contributed by atoms with E-state index < -0.39 is 0 Å². The molecule has 2 aliphatic heterocycles. The lowest BCUT2D eigenvalue weighted by atomic mass is 9.87. The molecule has 0 radical (unpaired) electrons. The van der Waals surface area contributed by atoms with Gasteiger partial charge in [-0.3, -0.25) is 0 Å². The van der Waals surface area contributed by atoms with Crippen molar-refractivity contribution < 1.29 is 9.47 Å². The first-order valence-electron chi connectivity index (χ1n) is 4.20. The zero-order valence-electron chi connectivity index (χ0n) is 5.95. The van der Waals surface area contributed by atoms with Gasteiger partial charge in [-0.1, -0.05) is 0 Å². The van der Waals surface area contributed by atoms with Crippen LogP contribution in [0.1, 0.15) is 19.3 Å². The number of epoxide rings is 2. The minimum absolute atomic E-state index is 0.616. The quantitative estimate of drug-likeness (QED) is 0.507. The SMILES string of the molecule is C1C[C@H]2O[C@H]2C[C@@H]1[C@@H]1CO1. The predicted molar refractivity (Wildman–Crippen MR) is 35.7 cm³/mol. The predicted octanol–water partition coefficient (Wildman–Crippen LogP) is 0.953. The van der Waals surface area contributed by atoms with Crippen molar-refractivity contribution in [3.05, 3.63) is 0 Å². The summed E-state index contributed by atoms with van der Waals surface area (Å²) < 4.78 is 10.7. The Labute approximate surface area is 60.5 Å². The zero-order chi connectivity index (χ0) is 6.55.